The number of carbonyl (C=O) groups is 3. The number of aryl methyl sites for hydroxylation is 1. The number of aromatic nitrogens is 1. The van der Waals surface area contributed by atoms with E-state index in [0.717, 1.165) is 16.8 Å². The molecule has 0 saturated carbocycles. The van der Waals surface area contributed by atoms with Crippen LogP contribution in [0.1, 0.15) is 29.7 Å². The Balaban J connectivity index is 1.56. The fourth-order valence-corrected chi connectivity index (χ4v) is 3.41. The van der Waals surface area contributed by atoms with Gasteiger partial charge in [0.25, 0.3) is 0 Å². The first-order valence-electron chi connectivity index (χ1n) is 8.33. The van der Waals surface area contributed by atoms with Crippen LogP contribution in [0.4, 0.5) is 10.8 Å². The predicted molar refractivity (Wildman–Crippen MR) is 100 cm³/mol. The van der Waals surface area contributed by atoms with Crippen molar-refractivity contribution < 1.29 is 14.4 Å². The van der Waals surface area contributed by atoms with Crippen LogP contribution >= 0.6 is 11.3 Å². The summed E-state index contributed by atoms with van der Waals surface area (Å²) in [6, 6.07) is 5.24. The van der Waals surface area contributed by atoms with Gasteiger partial charge in [-0.3, -0.25) is 14.4 Å². The highest BCUT2D eigenvalue weighted by atomic mass is 32.1. The van der Waals surface area contributed by atoms with Crippen molar-refractivity contribution in [2.24, 2.45) is 0 Å². The number of carbonyl (C=O) groups excluding carboxylic acids is 3. The monoisotopic (exact) mass is 372 g/mol. The molecule has 8 heteroatoms. The minimum Gasteiger partial charge on any atom is -0.344 e. The van der Waals surface area contributed by atoms with Crippen LogP contribution in [-0.4, -0.2) is 28.7 Å². The van der Waals surface area contributed by atoms with Gasteiger partial charge in [0.15, 0.2) is 5.13 Å². The Morgan fingerprint density at radius 1 is 1.31 bits per heavy atom. The smallest absolute Gasteiger partial charge is 0.248 e. The third-order valence-corrected chi connectivity index (χ3v) is 5.12. The number of anilines is 2. The standard InChI is InChI=1S/C18H20N4O3S/c1-10-4-3-5-13(11(10)2)20-16(24)8-12-9-26-18(19-12)22-17(25)14-6-7-15(23)21-14/h3-5,9,14H,6-8H2,1-2H3,(H,20,24)(H,21,23)(H,19,22,25)/t14-/m0/s1. The van der Waals surface area contributed by atoms with E-state index in [1.54, 1.807) is 5.38 Å². The summed E-state index contributed by atoms with van der Waals surface area (Å²) in [5.41, 5.74) is 3.52. The van der Waals surface area contributed by atoms with Crippen LogP contribution in [0.5, 0.6) is 0 Å². The number of nitrogens with one attached hydrogen (secondary N) is 3. The van der Waals surface area contributed by atoms with E-state index < -0.39 is 6.04 Å². The molecule has 0 unspecified atom stereocenters. The minimum atomic E-state index is -0.512. The van der Waals surface area contributed by atoms with Crippen molar-refractivity contribution in [3.63, 3.8) is 0 Å². The molecule has 3 amide bonds. The molecule has 3 rings (SSSR count). The zero-order valence-corrected chi connectivity index (χ0v) is 15.4. The van der Waals surface area contributed by atoms with Crippen LogP contribution < -0.4 is 16.0 Å². The summed E-state index contributed by atoms with van der Waals surface area (Å²) in [6.45, 7) is 3.95. The summed E-state index contributed by atoms with van der Waals surface area (Å²) in [5, 5.41) is 10.4. The molecule has 1 fully saturated rings. The molecule has 26 heavy (non-hydrogen) atoms. The molecule has 136 valence electrons. The molecule has 0 spiro atoms. The Hall–Kier alpha value is -2.74. The first kappa shape index (κ1) is 18.1. The molecule has 0 radical (unpaired) electrons. The SMILES string of the molecule is Cc1cccc(NC(=O)Cc2csc(NC(=O)[C@@H]3CCC(=O)N3)n2)c1C. The molecule has 0 bridgehead atoms. The van der Waals surface area contributed by atoms with Gasteiger partial charge in [-0.15, -0.1) is 11.3 Å². The second kappa shape index (κ2) is 7.65. The largest absolute Gasteiger partial charge is 0.344 e. The van der Waals surface area contributed by atoms with Crippen molar-refractivity contribution >= 4 is 39.9 Å². The molecule has 1 aromatic carbocycles. The van der Waals surface area contributed by atoms with Crippen LogP contribution in [0, 0.1) is 13.8 Å². The average Bonchev–Trinajstić information content (AvgIpc) is 3.21. The number of amides is 3. The first-order valence-corrected chi connectivity index (χ1v) is 9.21. The lowest BCUT2D eigenvalue weighted by Gasteiger charge is -2.09. The van der Waals surface area contributed by atoms with Gasteiger partial charge >= 0.3 is 0 Å². The molecular weight excluding hydrogens is 352 g/mol. The van der Waals surface area contributed by atoms with E-state index in [9.17, 15) is 14.4 Å². The summed E-state index contributed by atoms with van der Waals surface area (Å²) in [7, 11) is 0. The summed E-state index contributed by atoms with van der Waals surface area (Å²) >= 11 is 1.26. The van der Waals surface area contributed by atoms with E-state index in [1.165, 1.54) is 11.3 Å². The highest BCUT2D eigenvalue weighted by Crippen LogP contribution is 2.20. The van der Waals surface area contributed by atoms with Crippen molar-refractivity contribution in [1.29, 1.82) is 0 Å². The van der Waals surface area contributed by atoms with Crippen molar-refractivity contribution in [3.8, 4) is 0 Å². The van der Waals surface area contributed by atoms with E-state index >= 15 is 0 Å². The van der Waals surface area contributed by atoms with Crippen molar-refractivity contribution in [1.82, 2.24) is 10.3 Å². The van der Waals surface area contributed by atoms with Gasteiger partial charge in [-0.2, -0.15) is 0 Å². The van der Waals surface area contributed by atoms with Gasteiger partial charge in [-0.1, -0.05) is 12.1 Å². The Labute approximate surface area is 155 Å². The molecule has 1 aliphatic rings. The third kappa shape index (κ3) is 4.26. The fraction of sp³-hybridized carbons (Fsp3) is 0.333. The molecule has 1 atom stereocenters. The molecule has 0 aliphatic carbocycles. The van der Waals surface area contributed by atoms with E-state index in [0.29, 0.717) is 23.7 Å². The molecule has 2 aromatic rings. The topological polar surface area (TPSA) is 100 Å². The lowest BCUT2D eigenvalue weighted by Crippen LogP contribution is -2.37. The molecule has 1 aromatic heterocycles. The Morgan fingerprint density at radius 2 is 2.12 bits per heavy atom. The van der Waals surface area contributed by atoms with Crippen molar-refractivity contribution in [2.75, 3.05) is 10.6 Å². The fourth-order valence-electron chi connectivity index (χ4n) is 2.69. The van der Waals surface area contributed by atoms with Gasteiger partial charge in [0, 0.05) is 17.5 Å². The maximum Gasteiger partial charge on any atom is 0.248 e. The third-order valence-electron chi connectivity index (χ3n) is 4.31. The highest BCUT2D eigenvalue weighted by molar-refractivity contribution is 7.13. The van der Waals surface area contributed by atoms with Gasteiger partial charge in [-0.25, -0.2) is 4.98 Å². The van der Waals surface area contributed by atoms with Crippen LogP contribution in [0.2, 0.25) is 0 Å². The molecule has 1 saturated heterocycles. The van der Waals surface area contributed by atoms with Crippen LogP contribution in [0.15, 0.2) is 23.6 Å². The maximum atomic E-state index is 12.2. The minimum absolute atomic E-state index is 0.118. The van der Waals surface area contributed by atoms with Crippen LogP contribution in [0.25, 0.3) is 0 Å². The van der Waals surface area contributed by atoms with E-state index in [1.807, 2.05) is 32.0 Å². The summed E-state index contributed by atoms with van der Waals surface area (Å²) in [4.78, 5) is 39.8. The second-order valence-electron chi connectivity index (χ2n) is 6.26. The second-order valence-corrected chi connectivity index (χ2v) is 7.12. The molecule has 3 N–H and O–H groups in total. The van der Waals surface area contributed by atoms with Gasteiger partial charge in [0.1, 0.15) is 6.04 Å². The highest BCUT2D eigenvalue weighted by Gasteiger charge is 2.27. The normalized spacial score (nSPS) is 16.2. The van der Waals surface area contributed by atoms with Crippen molar-refractivity contribution in [2.45, 2.75) is 39.2 Å². The predicted octanol–water partition coefficient (Wildman–Crippen LogP) is 2.16. The van der Waals surface area contributed by atoms with Crippen molar-refractivity contribution in [3.05, 3.63) is 40.4 Å². The van der Waals surface area contributed by atoms with Crippen LogP contribution in [0.3, 0.4) is 0 Å². The average molecular weight is 372 g/mol. The first-order chi connectivity index (χ1) is 12.4. The van der Waals surface area contributed by atoms with E-state index in [-0.39, 0.29) is 24.1 Å². The zero-order valence-electron chi connectivity index (χ0n) is 14.6. The quantitative estimate of drug-likeness (QED) is 0.749. The van der Waals surface area contributed by atoms with Gasteiger partial charge in [0.2, 0.25) is 17.7 Å². The Bertz CT molecular complexity index is 862. The summed E-state index contributed by atoms with van der Waals surface area (Å²) in [6.07, 6.45) is 0.973. The summed E-state index contributed by atoms with van der Waals surface area (Å²) < 4.78 is 0. The maximum absolute atomic E-state index is 12.2. The lowest BCUT2D eigenvalue weighted by molar-refractivity contribution is -0.122. The number of rotatable bonds is 5. The summed E-state index contributed by atoms with van der Waals surface area (Å²) in [5.74, 6) is -0.561. The Kier molecular flexibility index (Phi) is 5.32. The molecule has 2 heterocycles. The molecule has 7 nitrogen and oxygen atoms in total. The molecular formula is C18H20N4O3S. The number of benzene rings is 1. The van der Waals surface area contributed by atoms with Gasteiger partial charge < -0.3 is 16.0 Å². The van der Waals surface area contributed by atoms with Crippen LogP contribution in [-0.2, 0) is 20.8 Å². The lowest BCUT2D eigenvalue weighted by atomic mass is 10.1. The number of thiazole rings is 1. The number of hydrogen-bond donors (Lipinski definition) is 3. The Morgan fingerprint density at radius 3 is 2.85 bits per heavy atom. The number of nitrogens with zero attached hydrogens (tertiary/aromatic N) is 1. The number of hydrogen-bond acceptors (Lipinski definition) is 5. The molecule has 1 aliphatic heterocycles. The van der Waals surface area contributed by atoms with Gasteiger partial charge in [-0.05, 0) is 37.5 Å². The zero-order chi connectivity index (χ0) is 18.7. The van der Waals surface area contributed by atoms with Gasteiger partial charge in [0.05, 0.1) is 12.1 Å². The van der Waals surface area contributed by atoms with E-state index in [4.69, 9.17) is 0 Å². The van der Waals surface area contributed by atoms with E-state index in [2.05, 4.69) is 20.9 Å².